The first-order chi connectivity index (χ1) is 8.96. The van der Waals surface area contributed by atoms with Gasteiger partial charge in [0.05, 0.1) is 16.5 Å². The molecule has 1 aliphatic rings. The van der Waals surface area contributed by atoms with Gasteiger partial charge in [0.15, 0.2) is 0 Å². The molecule has 0 saturated heterocycles. The van der Waals surface area contributed by atoms with E-state index in [2.05, 4.69) is 4.72 Å². The van der Waals surface area contributed by atoms with Crippen LogP contribution in [0.3, 0.4) is 0 Å². The Kier molecular flexibility index (Phi) is 4.58. The summed E-state index contributed by atoms with van der Waals surface area (Å²) in [6.07, 6.45) is 5.41. The Morgan fingerprint density at radius 1 is 1.26 bits per heavy atom. The number of benzene rings is 1. The number of anilines is 1. The molecule has 0 aliphatic heterocycles. The lowest BCUT2D eigenvalue weighted by Crippen LogP contribution is -2.24. The SMILES string of the molecule is O=S(=O)(CC1CCCCC1)Nc1ccc(O)c(Cl)c1. The molecule has 0 atom stereocenters. The second-order valence-electron chi connectivity index (χ2n) is 5.05. The van der Waals surface area contributed by atoms with E-state index in [1.54, 1.807) is 0 Å². The molecule has 2 N–H and O–H groups in total. The molecule has 1 aromatic rings. The third-order valence-corrected chi connectivity index (χ3v) is 5.16. The van der Waals surface area contributed by atoms with Crippen LogP contribution in [-0.4, -0.2) is 19.3 Å². The van der Waals surface area contributed by atoms with Crippen molar-refractivity contribution in [2.24, 2.45) is 5.92 Å². The normalized spacial score (nSPS) is 17.3. The Labute approximate surface area is 118 Å². The highest BCUT2D eigenvalue weighted by Crippen LogP contribution is 2.28. The lowest BCUT2D eigenvalue weighted by atomic mass is 9.91. The van der Waals surface area contributed by atoms with Crippen molar-refractivity contribution in [1.29, 1.82) is 0 Å². The molecule has 1 saturated carbocycles. The molecule has 0 aromatic heterocycles. The van der Waals surface area contributed by atoms with Crippen LogP contribution in [0.1, 0.15) is 32.1 Å². The molecule has 0 radical (unpaired) electrons. The van der Waals surface area contributed by atoms with Crippen molar-refractivity contribution in [3.63, 3.8) is 0 Å². The van der Waals surface area contributed by atoms with Crippen LogP contribution >= 0.6 is 11.6 Å². The Balaban J connectivity index is 2.01. The van der Waals surface area contributed by atoms with Gasteiger partial charge in [0.25, 0.3) is 0 Å². The van der Waals surface area contributed by atoms with E-state index in [4.69, 9.17) is 11.6 Å². The maximum absolute atomic E-state index is 12.0. The van der Waals surface area contributed by atoms with Crippen LogP contribution in [-0.2, 0) is 10.0 Å². The third-order valence-electron chi connectivity index (χ3n) is 3.40. The first-order valence-corrected chi connectivity index (χ1v) is 8.48. The molecule has 0 unspecified atom stereocenters. The summed E-state index contributed by atoms with van der Waals surface area (Å²) in [5.41, 5.74) is 0.388. The number of nitrogens with one attached hydrogen (secondary N) is 1. The van der Waals surface area contributed by atoms with Crippen molar-refractivity contribution in [2.75, 3.05) is 10.5 Å². The van der Waals surface area contributed by atoms with Crippen molar-refractivity contribution < 1.29 is 13.5 Å². The molecular formula is C13H18ClNO3S. The van der Waals surface area contributed by atoms with Crippen molar-refractivity contribution in [2.45, 2.75) is 32.1 Å². The van der Waals surface area contributed by atoms with Crippen LogP contribution in [0.15, 0.2) is 18.2 Å². The fourth-order valence-electron chi connectivity index (χ4n) is 2.46. The minimum atomic E-state index is -3.35. The summed E-state index contributed by atoms with van der Waals surface area (Å²) in [6, 6.07) is 4.29. The Hall–Kier alpha value is -0.940. The van der Waals surface area contributed by atoms with Gasteiger partial charge in [-0.3, -0.25) is 4.72 Å². The molecule has 4 nitrogen and oxygen atoms in total. The number of hydrogen-bond acceptors (Lipinski definition) is 3. The Morgan fingerprint density at radius 3 is 2.58 bits per heavy atom. The second-order valence-corrected chi connectivity index (χ2v) is 7.23. The maximum atomic E-state index is 12.0. The van der Waals surface area contributed by atoms with E-state index in [1.165, 1.54) is 24.6 Å². The standard InChI is InChI=1S/C13H18ClNO3S/c14-12-8-11(6-7-13(12)16)15-19(17,18)9-10-4-2-1-3-5-10/h6-8,10,15-16H,1-5,9H2. The molecule has 1 aliphatic carbocycles. The van der Waals surface area contributed by atoms with Crippen molar-refractivity contribution in [3.8, 4) is 5.75 Å². The Bertz CT molecular complexity index is 539. The first kappa shape index (κ1) is 14.5. The van der Waals surface area contributed by atoms with Gasteiger partial charge in [0.1, 0.15) is 5.75 Å². The van der Waals surface area contributed by atoms with Crippen LogP contribution in [0.5, 0.6) is 5.75 Å². The highest BCUT2D eigenvalue weighted by Gasteiger charge is 2.21. The van der Waals surface area contributed by atoms with E-state index in [1.807, 2.05) is 0 Å². The molecule has 0 heterocycles. The second kappa shape index (κ2) is 6.01. The lowest BCUT2D eigenvalue weighted by molar-refractivity contribution is 0.385. The van der Waals surface area contributed by atoms with Gasteiger partial charge in [-0.25, -0.2) is 8.42 Å². The van der Waals surface area contributed by atoms with Crippen LogP contribution in [0.2, 0.25) is 5.02 Å². The predicted molar refractivity (Wildman–Crippen MR) is 77.1 cm³/mol. The van der Waals surface area contributed by atoms with Gasteiger partial charge < -0.3 is 5.11 Å². The number of aromatic hydroxyl groups is 1. The Morgan fingerprint density at radius 2 is 1.95 bits per heavy atom. The lowest BCUT2D eigenvalue weighted by Gasteiger charge is -2.21. The van der Waals surface area contributed by atoms with Gasteiger partial charge in [0.2, 0.25) is 10.0 Å². The summed E-state index contributed by atoms with van der Waals surface area (Å²) in [5.74, 6) is 0.349. The number of rotatable bonds is 4. The van der Waals surface area contributed by atoms with Gasteiger partial charge in [0, 0.05) is 0 Å². The van der Waals surface area contributed by atoms with E-state index in [-0.39, 0.29) is 22.4 Å². The van der Waals surface area contributed by atoms with E-state index in [9.17, 15) is 13.5 Å². The molecule has 1 fully saturated rings. The summed E-state index contributed by atoms with van der Waals surface area (Å²) in [7, 11) is -3.35. The van der Waals surface area contributed by atoms with Crippen molar-refractivity contribution in [1.82, 2.24) is 0 Å². The average Bonchev–Trinajstić information content (AvgIpc) is 2.34. The molecule has 0 bridgehead atoms. The number of phenolic OH excluding ortho intramolecular Hbond substituents is 1. The van der Waals surface area contributed by atoms with Crippen LogP contribution in [0.25, 0.3) is 0 Å². The maximum Gasteiger partial charge on any atom is 0.232 e. The molecule has 106 valence electrons. The molecular weight excluding hydrogens is 286 g/mol. The zero-order valence-corrected chi connectivity index (χ0v) is 12.2. The van der Waals surface area contributed by atoms with Crippen LogP contribution < -0.4 is 4.72 Å². The fraction of sp³-hybridized carbons (Fsp3) is 0.538. The summed E-state index contributed by atoms with van der Waals surface area (Å²) in [5, 5.41) is 9.43. The molecule has 6 heteroatoms. The van der Waals surface area contributed by atoms with Crippen LogP contribution in [0.4, 0.5) is 5.69 Å². The summed E-state index contributed by atoms with van der Waals surface area (Å²) < 4.78 is 26.6. The van der Waals surface area contributed by atoms with E-state index < -0.39 is 10.0 Å². The van der Waals surface area contributed by atoms with E-state index in [0.29, 0.717) is 5.69 Å². The zero-order chi connectivity index (χ0) is 13.9. The largest absolute Gasteiger partial charge is 0.506 e. The quantitative estimate of drug-likeness (QED) is 0.838. The number of sulfonamides is 1. The molecule has 0 amide bonds. The molecule has 19 heavy (non-hydrogen) atoms. The smallest absolute Gasteiger partial charge is 0.232 e. The van der Waals surface area contributed by atoms with Gasteiger partial charge in [-0.1, -0.05) is 30.9 Å². The van der Waals surface area contributed by atoms with Gasteiger partial charge in [-0.05, 0) is 37.0 Å². The monoisotopic (exact) mass is 303 g/mol. The third kappa shape index (κ3) is 4.28. The zero-order valence-electron chi connectivity index (χ0n) is 10.6. The summed E-state index contributed by atoms with van der Waals surface area (Å²) in [6.45, 7) is 0. The number of halogens is 1. The first-order valence-electron chi connectivity index (χ1n) is 6.45. The van der Waals surface area contributed by atoms with E-state index >= 15 is 0 Å². The average molecular weight is 304 g/mol. The van der Waals surface area contributed by atoms with E-state index in [0.717, 1.165) is 25.7 Å². The highest BCUT2D eigenvalue weighted by molar-refractivity contribution is 7.92. The van der Waals surface area contributed by atoms with Gasteiger partial charge >= 0.3 is 0 Å². The van der Waals surface area contributed by atoms with Crippen LogP contribution in [0, 0.1) is 5.92 Å². The van der Waals surface area contributed by atoms with Crippen molar-refractivity contribution in [3.05, 3.63) is 23.2 Å². The predicted octanol–water partition coefficient (Wildman–Crippen LogP) is 3.37. The highest BCUT2D eigenvalue weighted by atomic mass is 35.5. The topological polar surface area (TPSA) is 66.4 Å². The summed E-state index contributed by atoms with van der Waals surface area (Å²) >= 11 is 5.75. The molecule has 1 aromatic carbocycles. The minimum Gasteiger partial charge on any atom is -0.506 e. The molecule has 2 rings (SSSR count). The number of phenols is 1. The van der Waals surface area contributed by atoms with Gasteiger partial charge in [-0.2, -0.15) is 0 Å². The van der Waals surface area contributed by atoms with Gasteiger partial charge in [-0.15, -0.1) is 0 Å². The summed E-state index contributed by atoms with van der Waals surface area (Å²) in [4.78, 5) is 0. The molecule has 0 spiro atoms. The fourth-order valence-corrected chi connectivity index (χ4v) is 4.16. The number of hydrogen-bond donors (Lipinski definition) is 2. The minimum absolute atomic E-state index is 0.0584. The van der Waals surface area contributed by atoms with Crippen molar-refractivity contribution >= 4 is 27.3 Å².